The number of hydrogen-bond acceptors (Lipinski definition) is 4. The molecule has 1 rings (SSSR count). The molecule has 0 saturated heterocycles. The van der Waals surface area contributed by atoms with Gasteiger partial charge >= 0.3 is 0 Å². The first-order chi connectivity index (χ1) is 11.6. The molecule has 0 spiro atoms. The van der Waals surface area contributed by atoms with Crippen LogP contribution in [0.4, 0.5) is 5.69 Å². The minimum atomic E-state index is -3.31. The summed E-state index contributed by atoms with van der Waals surface area (Å²) in [5.74, 6) is 0.323. The van der Waals surface area contributed by atoms with Crippen LogP contribution < -0.4 is 14.4 Å². The summed E-state index contributed by atoms with van der Waals surface area (Å²) in [6.07, 6.45) is 1.32. The molecule has 1 atom stereocenters. The van der Waals surface area contributed by atoms with Crippen LogP contribution in [0.2, 0.25) is 0 Å². The summed E-state index contributed by atoms with van der Waals surface area (Å²) >= 11 is 0. The molecule has 0 bridgehead atoms. The number of sulfonamides is 1. The molecule has 0 heterocycles. The summed E-state index contributed by atoms with van der Waals surface area (Å²) < 4.78 is 30.0. The highest BCUT2D eigenvalue weighted by atomic mass is 32.2. The molecule has 26 heavy (non-hydrogen) atoms. The van der Waals surface area contributed by atoms with Gasteiger partial charge in [0.05, 0.1) is 11.9 Å². The van der Waals surface area contributed by atoms with Gasteiger partial charge in [0.15, 0.2) is 6.10 Å². The summed E-state index contributed by atoms with van der Waals surface area (Å²) in [6.45, 7) is 12.1. The standard InChI is InChI=1S/C19H32N2O4S/c1-14(17(22)20-19(5,6)13-18(2,3)4)25-16-11-9-15(10-12-16)21(7)26(8,23)24/h9-12,14H,13H2,1-8H3,(H,20,22). The van der Waals surface area contributed by atoms with Gasteiger partial charge in [-0.25, -0.2) is 8.42 Å². The molecule has 0 aromatic heterocycles. The van der Waals surface area contributed by atoms with Crippen molar-refractivity contribution in [2.45, 2.75) is 59.6 Å². The van der Waals surface area contributed by atoms with Crippen molar-refractivity contribution < 1.29 is 17.9 Å². The Hall–Kier alpha value is -1.76. The Balaban J connectivity index is 2.73. The molecule has 0 aliphatic rings. The average molecular weight is 385 g/mol. The minimum Gasteiger partial charge on any atom is -0.481 e. The van der Waals surface area contributed by atoms with E-state index in [-0.39, 0.29) is 16.9 Å². The Labute approximate surface area is 158 Å². The molecule has 7 heteroatoms. The maximum absolute atomic E-state index is 12.4. The lowest BCUT2D eigenvalue weighted by atomic mass is 9.81. The quantitative estimate of drug-likeness (QED) is 0.783. The Kier molecular flexibility index (Phi) is 6.74. The Morgan fingerprint density at radius 2 is 1.65 bits per heavy atom. The van der Waals surface area contributed by atoms with Gasteiger partial charge in [-0.15, -0.1) is 0 Å². The van der Waals surface area contributed by atoms with Crippen LogP contribution in [0.5, 0.6) is 5.75 Å². The van der Waals surface area contributed by atoms with Crippen molar-refractivity contribution in [1.82, 2.24) is 5.32 Å². The van der Waals surface area contributed by atoms with E-state index >= 15 is 0 Å². The number of hydrogen-bond donors (Lipinski definition) is 1. The molecule has 1 aromatic carbocycles. The number of nitrogens with zero attached hydrogens (tertiary/aromatic N) is 1. The Morgan fingerprint density at radius 1 is 1.15 bits per heavy atom. The number of ether oxygens (including phenoxy) is 1. The van der Waals surface area contributed by atoms with Crippen LogP contribution in [-0.2, 0) is 14.8 Å². The van der Waals surface area contributed by atoms with Crippen molar-refractivity contribution in [2.75, 3.05) is 17.6 Å². The zero-order valence-corrected chi connectivity index (χ0v) is 17.9. The zero-order chi connectivity index (χ0) is 20.3. The molecule has 0 aliphatic carbocycles. The monoisotopic (exact) mass is 384 g/mol. The van der Waals surface area contributed by atoms with Gasteiger partial charge in [-0.05, 0) is 56.9 Å². The molecule has 0 fully saturated rings. The molecule has 1 amide bonds. The molecular formula is C19H32N2O4S. The van der Waals surface area contributed by atoms with E-state index < -0.39 is 16.1 Å². The second-order valence-corrected chi connectivity index (χ2v) is 10.6. The predicted molar refractivity (Wildman–Crippen MR) is 106 cm³/mol. The van der Waals surface area contributed by atoms with Gasteiger partial charge in [-0.2, -0.15) is 0 Å². The predicted octanol–water partition coefficient (Wildman–Crippen LogP) is 3.18. The lowest BCUT2D eigenvalue weighted by molar-refractivity contribution is -0.129. The number of rotatable bonds is 7. The maximum atomic E-state index is 12.4. The van der Waals surface area contributed by atoms with Crippen molar-refractivity contribution in [3.8, 4) is 5.75 Å². The fourth-order valence-corrected chi connectivity index (χ4v) is 3.49. The summed E-state index contributed by atoms with van der Waals surface area (Å²) in [5.41, 5.74) is 0.292. The number of amides is 1. The molecule has 0 saturated carbocycles. The molecular weight excluding hydrogens is 352 g/mol. The Bertz CT molecular complexity index is 719. The first-order valence-corrected chi connectivity index (χ1v) is 10.5. The smallest absolute Gasteiger partial charge is 0.261 e. The van der Waals surface area contributed by atoms with Gasteiger partial charge in [-0.1, -0.05) is 20.8 Å². The SMILES string of the molecule is CC(Oc1ccc(N(C)S(C)(=O)=O)cc1)C(=O)NC(C)(C)CC(C)(C)C. The van der Waals surface area contributed by atoms with Gasteiger partial charge in [0.25, 0.3) is 5.91 Å². The van der Waals surface area contributed by atoms with Crippen LogP contribution in [0, 0.1) is 5.41 Å². The van der Waals surface area contributed by atoms with Crippen molar-refractivity contribution in [3.63, 3.8) is 0 Å². The molecule has 0 radical (unpaired) electrons. The van der Waals surface area contributed by atoms with E-state index in [0.29, 0.717) is 11.4 Å². The molecule has 0 aliphatic heterocycles. The van der Waals surface area contributed by atoms with E-state index in [1.165, 1.54) is 11.4 Å². The van der Waals surface area contributed by atoms with Gasteiger partial charge in [0, 0.05) is 12.6 Å². The van der Waals surface area contributed by atoms with Gasteiger partial charge < -0.3 is 10.1 Å². The first-order valence-electron chi connectivity index (χ1n) is 8.63. The lowest BCUT2D eigenvalue weighted by Gasteiger charge is -2.34. The highest BCUT2D eigenvalue weighted by molar-refractivity contribution is 7.92. The second-order valence-electron chi connectivity index (χ2n) is 8.60. The van der Waals surface area contributed by atoms with Crippen molar-refractivity contribution in [2.24, 2.45) is 5.41 Å². The van der Waals surface area contributed by atoms with Gasteiger partial charge in [0.2, 0.25) is 10.0 Å². The third-order valence-corrected chi connectivity index (χ3v) is 5.02. The van der Waals surface area contributed by atoms with Crippen molar-refractivity contribution in [1.29, 1.82) is 0 Å². The first kappa shape index (κ1) is 22.3. The topological polar surface area (TPSA) is 75.7 Å². The second kappa shape index (κ2) is 7.86. The van der Waals surface area contributed by atoms with Crippen LogP contribution in [0.1, 0.15) is 48.0 Å². The Morgan fingerprint density at radius 3 is 2.08 bits per heavy atom. The third kappa shape index (κ3) is 7.23. The molecule has 1 unspecified atom stereocenters. The van der Waals surface area contributed by atoms with Crippen molar-refractivity contribution in [3.05, 3.63) is 24.3 Å². The van der Waals surface area contributed by atoms with Crippen molar-refractivity contribution >= 4 is 21.6 Å². The number of carbonyl (C=O) groups is 1. The number of nitrogens with one attached hydrogen (secondary N) is 1. The number of benzene rings is 1. The summed E-state index contributed by atoms with van der Waals surface area (Å²) in [7, 11) is -1.83. The number of carbonyl (C=O) groups excluding carboxylic acids is 1. The zero-order valence-electron chi connectivity index (χ0n) is 17.1. The van der Waals surface area contributed by atoms with Crippen LogP contribution in [-0.4, -0.2) is 39.3 Å². The maximum Gasteiger partial charge on any atom is 0.261 e. The third-order valence-electron chi connectivity index (χ3n) is 3.81. The largest absolute Gasteiger partial charge is 0.481 e. The molecule has 1 N–H and O–H groups in total. The fourth-order valence-electron chi connectivity index (χ4n) is 2.99. The summed E-state index contributed by atoms with van der Waals surface area (Å²) in [5, 5.41) is 3.03. The normalized spacial score (nSPS) is 13.8. The molecule has 148 valence electrons. The van der Waals surface area contributed by atoms with E-state index in [1.54, 1.807) is 31.2 Å². The summed E-state index contributed by atoms with van der Waals surface area (Å²) in [4.78, 5) is 12.4. The lowest BCUT2D eigenvalue weighted by Crippen LogP contribution is -2.50. The fraction of sp³-hybridized carbons (Fsp3) is 0.632. The van der Waals surface area contributed by atoms with E-state index in [1.807, 2.05) is 13.8 Å². The average Bonchev–Trinajstić information content (AvgIpc) is 2.43. The summed E-state index contributed by atoms with van der Waals surface area (Å²) in [6, 6.07) is 6.59. The van der Waals surface area contributed by atoms with Crippen LogP contribution in [0.25, 0.3) is 0 Å². The van der Waals surface area contributed by atoms with E-state index in [4.69, 9.17) is 4.74 Å². The highest BCUT2D eigenvalue weighted by Gasteiger charge is 2.29. The molecule has 1 aromatic rings. The molecule has 6 nitrogen and oxygen atoms in total. The van der Waals surface area contributed by atoms with Gasteiger partial charge in [0.1, 0.15) is 5.75 Å². The highest BCUT2D eigenvalue weighted by Crippen LogP contribution is 2.27. The van der Waals surface area contributed by atoms with Crippen LogP contribution in [0.3, 0.4) is 0 Å². The van der Waals surface area contributed by atoms with Gasteiger partial charge in [-0.3, -0.25) is 9.10 Å². The minimum absolute atomic E-state index is 0.0996. The van der Waals surface area contributed by atoms with Crippen LogP contribution in [0.15, 0.2) is 24.3 Å². The number of anilines is 1. The van der Waals surface area contributed by atoms with Crippen LogP contribution >= 0.6 is 0 Å². The van der Waals surface area contributed by atoms with E-state index in [0.717, 1.165) is 12.7 Å². The van der Waals surface area contributed by atoms with E-state index in [9.17, 15) is 13.2 Å². The van der Waals surface area contributed by atoms with E-state index in [2.05, 4.69) is 26.1 Å².